The second-order valence-electron chi connectivity index (χ2n) is 7.11. The standard InChI is InChI=1S/C21H27N3O3/c22-18-8-2-4-10-21(18)26-13-15-12-19(24-23-15)17-7-1-3-9-20(17)27-14-16-6-5-11-25-16/h1-4,7-10,15-16,19,23-24H,5-6,11-14,22H2. The molecule has 0 radical (unpaired) electrons. The smallest absolute Gasteiger partial charge is 0.142 e. The molecule has 2 saturated heterocycles. The summed E-state index contributed by atoms with van der Waals surface area (Å²) in [6, 6.07) is 16.1. The molecule has 0 saturated carbocycles. The lowest BCUT2D eigenvalue weighted by Crippen LogP contribution is -2.34. The molecule has 6 heteroatoms. The van der Waals surface area contributed by atoms with E-state index in [4.69, 9.17) is 19.9 Å². The Hall–Kier alpha value is -2.28. The number of nitrogen functional groups attached to an aromatic ring is 1. The Kier molecular flexibility index (Phi) is 5.77. The summed E-state index contributed by atoms with van der Waals surface area (Å²) in [6.07, 6.45) is 3.32. The lowest BCUT2D eigenvalue weighted by atomic mass is 10.0. The van der Waals surface area contributed by atoms with Gasteiger partial charge in [0.05, 0.1) is 23.9 Å². The first-order valence-corrected chi connectivity index (χ1v) is 9.61. The van der Waals surface area contributed by atoms with E-state index in [0.29, 0.717) is 18.9 Å². The fourth-order valence-corrected chi connectivity index (χ4v) is 3.60. The Balaban J connectivity index is 1.33. The summed E-state index contributed by atoms with van der Waals surface area (Å²) in [4.78, 5) is 0. The van der Waals surface area contributed by atoms with Gasteiger partial charge in [-0.15, -0.1) is 0 Å². The number of rotatable bonds is 7. The molecule has 3 atom stereocenters. The van der Waals surface area contributed by atoms with E-state index >= 15 is 0 Å². The largest absolute Gasteiger partial charge is 0.491 e. The molecular weight excluding hydrogens is 342 g/mol. The topological polar surface area (TPSA) is 77.8 Å². The molecule has 4 N–H and O–H groups in total. The highest BCUT2D eigenvalue weighted by Crippen LogP contribution is 2.31. The molecule has 2 heterocycles. The second-order valence-corrected chi connectivity index (χ2v) is 7.11. The lowest BCUT2D eigenvalue weighted by Gasteiger charge is -2.18. The van der Waals surface area contributed by atoms with Crippen LogP contribution >= 0.6 is 0 Å². The van der Waals surface area contributed by atoms with Crippen LogP contribution in [0.3, 0.4) is 0 Å². The SMILES string of the molecule is Nc1ccccc1OCC1CC(c2ccccc2OCC2CCCO2)NN1. The molecule has 2 aliphatic heterocycles. The molecular formula is C21H27N3O3. The first-order chi connectivity index (χ1) is 13.3. The van der Waals surface area contributed by atoms with Crippen molar-refractivity contribution in [1.29, 1.82) is 0 Å². The molecule has 144 valence electrons. The zero-order chi connectivity index (χ0) is 18.5. The van der Waals surface area contributed by atoms with Gasteiger partial charge in [0.1, 0.15) is 24.7 Å². The minimum absolute atomic E-state index is 0.174. The van der Waals surface area contributed by atoms with Crippen LogP contribution < -0.4 is 26.1 Å². The Labute approximate surface area is 160 Å². The number of ether oxygens (including phenoxy) is 3. The van der Waals surface area contributed by atoms with Crippen molar-refractivity contribution in [3.63, 3.8) is 0 Å². The minimum atomic E-state index is 0.174. The fourth-order valence-electron chi connectivity index (χ4n) is 3.60. The number of hydrazine groups is 1. The predicted octanol–water partition coefficient (Wildman–Crippen LogP) is 2.81. The monoisotopic (exact) mass is 369 g/mol. The van der Waals surface area contributed by atoms with Gasteiger partial charge in [-0.05, 0) is 37.5 Å². The van der Waals surface area contributed by atoms with Crippen LogP contribution in [-0.4, -0.2) is 32.0 Å². The fraction of sp³-hybridized carbons (Fsp3) is 0.429. The molecule has 3 unspecified atom stereocenters. The van der Waals surface area contributed by atoms with Crippen LogP contribution in [0, 0.1) is 0 Å². The number of nitrogens with two attached hydrogens (primary N) is 1. The van der Waals surface area contributed by atoms with E-state index in [-0.39, 0.29) is 18.2 Å². The molecule has 27 heavy (non-hydrogen) atoms. The highest BCUT2D eigenvalue weighted by atomic mass is 16.5. The first kappa shape index (κ1) is 18.1. The van der Waals surface area contributed by atoms with Gasteiger partial charge in [-0.2, -0.15) is 0 Å². The maximum absolute atomic E-state index is 6.07. The molecule has 2 aromatic carbocycles. The van der Waals surface area contributed by atoms with Gasteiger partial charge in [0.25, 0.3) is 0 Å². The minimum Gasteiger partial charge on any atom is -0.491 e. The highest BCUT2D eigenvalue weighted by molar-refractivity contribution is 5.51. The van der Waals surface area contributed by atoms with E-state index in [2.05, 4.69) is 16.9 Å². The van der Waals surface area contributed by atoms with Crippen LogP contribution in [0.25, 0.3) is 0 Å². The third-order valence-corrected chi connectivity index (χ3v) is 5.08. The molecule has 0 aromatic heterocycles. The summed E-state index contributed by atoms with van der Waals surface area (Å²) in [5.74, 6) is 1.64. The quantitative estimate of drug-likeness (QED) is 0.652. The maximum atomic E-state index is 6.07. The number of nitrogens with one attached hydrogen (secondary N) is 2. The van der Waals surface area contributed by atoms with Crippen molar-refractivity contribution < 1.29 is 14.2 Å². The van der Waals surface area contributed by atoms with Crippen LogP contribution in [0.2, 0.25) is 0 Å². The van der Waals surface area contributed by atoms with Crippen molar-refractivity contribution in [2.45, 2.75) is 37.5 Å². The van der Waals surface area contributed by atoms with E-state index in [1.54, 1.807) is 0 Å². The van der Waals surface area contributed by atoms with Gasteiger partial charge in [0.15, 0.2) is 0 Å². The van der Waals surface area contributed by atoms with Crippen LogP contribution in [-0.2, 0) is 4.74 Å². The van der Waals surface area contributed by atoms with Crippen LogP contribution in [0.5, 0.6) is 11.5 Å². The summed E-state index contributed by atoms with van der Waals surface area (Å²) in [5, 5.41) is 0. The molecule has 0 aliphatic carbocycles. The molecule has 2 fully saturated rings. The third-order valence-electron chi connectivity index (χ3n) is 5.08. The summed E-state index contributed by atoms with van der Waals surface area (Å²) < 4.78 is 17.6. The molecule has 4 rings (SSSR count). The zero-order valence-corrected chi connectivity index (χ0v) is 15.4. The van der Waals surface area contributed by atoms with Gasteiger partial charge in [0, 0.05) is 12.2 Å². The van der Waals surface area contributed by atoms with E-state index in [1.807, 2.05) is 42.5 Å². The molecule has 6 nitrogen and oxygen atoms in total. The molecule has 2 aliphatic rings. The van der Waals surface area contributed by atoms with Gasteiger partial charge in [-0.3, -0.25) is 5.43 Å². The van der Waals surface area contributed by atoms with Crippen molar-refractivity contribution in [3.8, 4) is 11.5 Å². The van der Waals surface area contributed by atoms with Gasteiger partial charge in [-0.25, -0.2) is 5.43 Å². The van der Waals surface area contributed by atoms with Crippen LogP contribution in [0.4, 0.5) is 5.69 Å². The van der Waals surface area contributed by atoms with Crippen LogP contribution in [0.15, 0.2) is 48.5 Å². The Morgan fingerprint density at radius 1 is 0.963 bits per heavy atom. The van der Waals surface area contributed by atoms with Crippen molar-refractivity contribution in [3.05, 3.63) is 54.1 Å². The molecule has 0 bridgehead atoms. The first-order valence-electron chi connectivity index (χ1n) is 9.61. The normalized spacial score (nSPS) is 24.8. The van der Waals surface area contributed by atoms with E-state index in [0.717, 1.165) is 42.9 Å². The Morgan fingerprint density at radius 2 is 1.74 bits per heavy atom. The molecule has 0 spiro atoms. The van der Waals surface area contributed by atoms with E-state index in [9.17, 15) is 0 Å². The number of anilines is 1. The maximum Gasteiger partial charge on any atom is 0.142 e. The van der Waals surface area contributed by atoms with Gasteiger partial charge < -0.3 is 19.9 Å². The molecule has 2 aromatic rings. The highest BCUT2D eigenvalue weighted by Gasteiger charge is 2.28. The van der Waals surface area contributed by atoms with Crippen molar-refractivity contribution in [2.24, 2.45) is 0 Å². The van der Waals surface area contributed by atoms with Crippen molar-refractivity contribution >= 4 is 5.69 Å². The zero-order valence-electron chi connectivity index (χ0n) is 15.4. The van der Waals surface area contributed by atoms with Gasteiger partial charge in [-0.1, -0.05) is 30.3 Å². The van der Waals surface area contributed by atoms with Crippen LogP contribution in [0.1, 0.15) is 30.9 Å². The van der Waals surface area contributed by atoms with E-state index < -0.39 is 0 Å². The third kappa shape index (κ3) is 4.53. The number of benzene rings is 2. The number of hydrogen-bond acceptors (Lipinski definition) is 6. The van der Waals surface area contributed by atoms with Crippen molar-refractivity contribution in [2.75, 3.05) is 25.6 Å². The molecule has 0 amide bonds. The summed E-state index contributed by atoms with van der Waals surface area (Å²) in [7, 11) is 0. The Morgan fingerprint density at radius 3 is 2.56 bits per heavy atom. The van der Waals surface area contributed by atoms with E-state index in [1.165, 1.54) is 0 Å². The van der Waals surface area contributed by atoms with Crippen molar-refractivity contribution in [1.82, 2.24) is 10.9 Å². The summed E-state index contributed by atoms with van der Waals surface area (Å²) >= 11 is 0. The Bertz CT molecular complexity index is 749. The van der Waals surface area contributed by atoms with Gasteiger partial charge in [0.2, 0.25) is 0 Å². The second kappa shape index (κ2) is 8.61. The number of hydrogen-bond donors (Lipinski definition) is 3. The average molecular weight is 369 g/mol. The summed E-state index contributed by atoms with van der Waals surface area (Å²) in [5.41, 5.74) is 14.5. The average Bonchev–Trinajstić information content (AvgIpc) is 3.38. The summed E-state index contributed by atoms with van der Waals surface area (Å²) in [6.45, 7) is 2.00. The number of para-hydroxylation sites is 3. The lowest BCUT2D eigenvalue weighted by molar-refractivity contribution is 0.0674. The predicted molar refractivity (Wildman–Crippen MR) is 105 cm³/mol. The van der Waals surface area contributed by atoms with Gasteiger partial charge >= 0.3 is 0 Å².